The molecule has 0 atom stereocenters. The van der Waals surface area contributed by atoms with Gasteiger partial charge >= 0.3 is 0 Å². The Morgan fingerprint density at radius 1 is 1.26 bits per heavy atom. The average molecular weight is 340 g/mol. The first-order valence-electron chi connectivity index (χ1n) is 5.53. The van der Waals surface area contributed by atoms with Crippen LogP contribution in [0.1, 0.15) is 11.1 Å². The zero-order chi connectivity index (χ0) is 13.8. The van der Waals surface area contributed by atoms with Gasteiger partial charge in [0.1, 0.15) is 23.2 Å². The van der Waals surface area contributed by atoms with E-state index in [2.05, 4.69) is 15.9 Å². The molecule has 0 aromatic heterocycles. The zero-order valence-corrected chi connectivity index (χ0v) is 12.3. The molecule has 5 heteroatoms. The van der Waals surface area contributed by atoms with Gasteiger partial charge in [-0.05, 0) is 36.4 Å². The van der Waals surface area contributed by atoms with E-state index in [0.29, 0.717) is 16.9 Å². The summed E-state index contributed by atoms with van der Waals surface area (Å²) in [6, 6.07) is 11.9. The van der Waals surface area contributed by atoms with Crippen molar-refractivity contribution in [2.45, 2.75) is 6.61 Å². The quantitative estimate of drug-likeness (QED) is 0.860. The van der Waals surface area contributed by atoms with Gasteiger partial charge in [0.2, 0.25) is 0 Å². The van der Waals surface area contributed by atoms with Gasteiger partial charge in [-0.3, -0.25) is 0 Å². The summed E-state index contributed by atoms with van der Waals surface area (Å²) in [5.74, 6) is 0.324. The van der Waals surface area contributed by atoms with E-state index in [9.17, 15) is 4.39 Å². The third-order valence-corrected chi connectivity index (χ3v) is 3.25. The van der Waals surface area contributed by atoms with Crippen LogP contribution in [0.3, 0.4) is 0 Å². The number of thiocarbonyl (C=S) groups is 1. The smallest absolute Gasteiger partial charge is 0.129 e. The summed E-state index contributed by atoms with van der Waals surface area (Å²) in [5, 5.41) is 0. The molecule has 0 saturated heterocycles. The summed E-state index contributed by atoms with van der Waals surface area (Å²) in [6.07, 6.45) is 0. The molecule has 0 heterocycles. The molecule has 0 spiro atoms. The summed E-state index contributed by atoms with van der Waals surface area (Å²) in [5.41, 5.74) is 6.57. The topological polar surface area (TPSA) is 35.2 Å². The van der Waals surface area contributed by atoms with E-state index in [4.69, 9.17) is 22.7 Å². The largest absolute Gasteiger partial charge is 0.489 e. The summed E-state index contributed by atoms with van der Waals surface area (Å²) in [4.78, 5) is 0.240. The average Bonchev–Trinajstić information content (AvgIpc) is 2.37. The van der Waals surface area contributed by atoms with Gasteiger partial charge in [-0.1, -0.05) is 34.2 Å². The molecule has 19 heavy (non-hydrogen) atoms. The lowest BCUT2D eigenvalue weighted by atomic mass is 10.1. The molecular formula is C14H11BrFNOS. The van der Waals surface area contributed by atoms with Crippen molar-refractivity contribution in [1.29, 1.82) is 0 Å². The molecule has 98 valence electrons. The van der Waals surface area contributed by atoms with Crippen LogP contribution in [0.15, 0.2) is 46.9 Å². The van der Waals surface area contributed by atoms with Gasteiger partial charge in [0.15, 0.2) is 0 Å². The molecule has 2 aromatic rings. The number of benzene rings is 2. The van der Waals surface area contributed by atoms with Crippen LogP contribution < -0.4 is 10.5 Å². The van der Waals surface area contributed by atoms with Crippen LogP contribution in [-0.2, 0) is 6.61 Å². The number of halogens is 2. The SMILES string of the molecule is NC(=S)c1ccc(F)c(COc2cccc(Br)c2)c1. The first-order valence-corrected chi connectivity index (χ1v) is 6.73. The van der Waals surface area contributed by atoms with E-state index in [1.807, 2.05) is 18.2 Å². The Labute approximate surface area is 124 Å². The minimum absolute atomic E-state index is 0.124. The van der Waals surface area contributed by atoms with Gasteiger partial charge in [0.25, 0.3) is 0 Å². The Morgan fingerprint density at radius 3 is 2.74 bits per heavy atom. The number of nitrogens with two attached hydrogens (primary N) is 1. The van der Waals surface area contributed by atoms with Crippen molar-refractivity contribution in [3.8, 4) is 5.75 Å². The maximum absolute atomic E-state index is 13.6. The molecule has 0 amide bonds. The van der Waals surface area contributed by atoms with E-state index < -0.39 is 0 Å². The van der Waals surface area contributed by atoms with E-state index in [1.54, 1.807) is 18.2 Å². The highest BCUT2D eigenvalue weighted by Crippen LogP contribution is 2.20. The van der Waals surface area contributed by atoms with Crippen LogP contribution in [0.5, 0.6) is 5.75 Å². The Kier molecular flexibility index (Phi) is 4.50. The second kappa shape index (κ2) is 6.12. The first-order chi connectivity index (χ1) is 9.06. The van der Waals surface area contributed by atoms with E-state index in [1.165, 1.54) is 6.07 Å². The number of hydrogen-bond acceptors (Lipinski definition) is 2. The molecule has 2 rings (SSSR count). The molecule has 0 saturated carbocycles. The van der Waals surface area contributed by atoms with Crippen LogP contribution >= 0.6 is 28.1 Å². The zero-order valence-electron chi connectivity index (χ0n) is 9.90. The molecule has 0 bridgehead atoms. The summed E-state index contributed by atoms with van der Waals surface area (Å²) in [7, 11) is 0. The molecule has 2 N–H and O–H groups in total. The van der Waals surface area contributed by atoms with Crippen LogP contribution in [0.2, 0.25) is 0 Å². The fourth-order valence-electron chi connectivity index (χ4n) is 1.56. The Bertz CT molecular complexity index is 618. The molecule has 0 aliphatic heterocycles. The monoisotopic (exact) mass is 339 g/mol. The van der Waals surface area contributed by atoms with E-state index in [0.717, 1.165) is 4.47 Å². The van der Waals surface area contributed by atoms with Crippen molar-refractivity contribution in [3.63, 3.8) is 0 Å². The lowest BCUT2D eigenvalue weighted by molar-refractivity contribution is 0.299. The van der Waals surface area contributed by atoms with Crippen molar-refractivity contribution in [2.24, 2.45) is 5.73 Å². The summed E-state index contributed by atoms with van der Waals surface area (Å²) >= 11 is 8.21. The molecule has 0 aliphatic carbocycles. The van der Waals surface area contributed by atoms with Gasteiger partial charge in [-0.2, -0.15) is 0 Å². The number of rotatable bonds is 4. The van der Waals surface area contributed by atoms with Crippen molar-refractivity contribution >= 4 is 33.1 Å². The molecular weight excluding hydrogens is 329 g/mol. The summed E-state index contributed by atoms with van der Waals surface area (Å²) in [6.45, 7) is 0.124. The molecule has 2 nitrogen and oxygen atoms in total. The van der Waals surface area contributed by atoms with Crippen molar-refractivity contribution < 1.29 is 9.13 Å². The Hall–Kier alpha value is -1.46. The predicted molar refractivity (Wildman–Crippen MR) is 80.8 cm³/mol. The Balaban J connectivity index is 2.15. The van der Waals surface area contributed by atoms with Gasteiger partial charge in [0, 0.05) is 15.6 Å². The van der Waals surface area contributed by atoms with Crippen LogP contribution in [0, 0.1) is 5.82 Å². The molecule has 2 aromatic carbocycles. The fourth-order valence-corrected chi connectivity index (χ4v) is 2.06. The maximum atomic E-state index is 13.6. The normalized spacial score (nSPS) is 10.2. The highest BCUT2D eigenvalue weighted by Gasteiger charge is 2.06. The minimum atomic E-state index is -0.338. The van der Waals surface area contributed by atoms with Gasteiger partial charge in [-0.25, -0.2) is 4.39 Å². The third kappa shape index (κ3) is 3.75. The molecule has 0 aliphatic rings. The second-order valence-electron chi connectivity index (χ2n) is 3.92. The second-order valence-corrected chi connectivity index (χ2v) is 5.27. The van der Waals surface area contributed by atoms with Gasteiger partial charge in [-0.15, -0.1) is 0 Å². The molecule has 0 radical (unpaired) electrons. The van der Waals surface area contributed by atoms with E-state index in [-0.39, 0.29) is 17.4 Å². The van der Waals surface area contributed by atoms with Crippen molar-refractivity contribution in [3.05, 3.63) is 63.9 Å². The van der Waals surface area contributed by atoms with Crippen LogP contribution in [0.4, 0.5) is 4.39 Å². The Morgan fingerprint density at radius 2 is 2.05 bits per heavy atom. The lowest BCUT2D eigenvalue weighted by Crippen LogP contribution is -2.10. The van der Waals surface area contributed by atoms with Crippen molar-refractivity contribution in [2.75, 3.05) is 0 Å². The highest BCUT2D eigenvalue weighted by molar-refractivity contribution is 9.10. The highest BCUT2D eigenvalue weighted by atomic mass is 79.9. The van der Waals surface area contributed by atoms with E-state index >= 15 is 0 Å². The molecule has 0 fully saturated rings. The number of hydrogen-bond donors (Lipinski definition) is 1. The number of ether oxygens (including phenoxy) is 1. The molecule has 0 unspecified atom stereocenters. The van der Waals surface area contributed by atoms with Gasteiger partial charge in [0.05, 0.1) is 0 Å². The maximum Gasteiger partial charge on any atom is 0.129 e. The standard InChI is InChI=1S/C14H11BrFNOS/c15-11-2-1-3-12(7-11)18-8-10-6-9(14(17)19)4-5-13(10)16/h1-7H,8H2,(H2,17,19). The van der Waals surface area contributed by atoms with Gasteiger partial charge < -0.3 is 10.5 Å². The third-order valence-electron chi connectivity index (χ3n) is 2.52. The van der Waals surface area contributed by atoms with Crippen molar-refractivity contribution in [1.82, 2.24) is 0 Å². The van der Waals surface area contributed by atoms with Crippen LogP contribution in [-0.4, -0.2) is 4.99 Å². The lowest BCUT2D eigenvalue weighted by Gasteiger charge is -2.09. The first kappa shape index (κ1) is 14.0. The minimum Gasteiger partial charge on any atom is -0.489 e. The predicted octanol–water partition coefficient (Wildman–Crippen LogP) is 3.80. The fraction of sp³-hybridized carbons (Fsp3) is 0.0714. The van der Waals surface area contributed by atoms with Crippen LogP contribution in [0.25, 0.3) is 0 Å². The summed E-state index contributed by atoms with van der Waals surface area (Å²) < 4.78 is 20.1.